The van der Waals surface area contributed by atoms with Crippen LogP contribution in [-0.2, 0) is 14.1 Å². The summed E-state index contributed by atoms with van der Waals surface area (Å²) in [6.45, 7) is 0.257. The lowest BCUT2D eigenvalue weighted by Gasteiger charge is -2.12. The first kappa shape index (κ1) is 14.1. The Bertz CT molecular complexity index is 765. The molecular formula is C13H16N8O. The minimum atomic E-state index is -0.748. The second-order valence-corrected chi connectivity index (χ2v) is 4.77. The fourth-order valence-electron chi connectivity index (χ4n) is 2.07. The average Bonchev–Trinajstić information content (AvgIpc) is 3.13. The molecule has 0 saturated heterocycles. The van der Waals surface area contributed by atoms with Gasteiger partial charge < -0.3 is 15.0 Å². The van der Waals surface area contributed by atoms with Gasteiger partial charge in [0.1, 0.15) is 23.9 Å². The summed E-state index contributed by atoms with van der Waals surface area (Å²) in [5.41, 5.74) is 0.656. The predicted molar refractivity (Wildman–Crippen MR) is 78.7 cm³/mol. The number of nitrogens with zero attached hydrogens (tertiary/aromatic N) is 7. The number of hydrogen-bond donors (Lipinski definition) is 2. The summed E-state index contributed by atoms with van der Waals surface area (Å²) in [5, 5.41) is 17.1. The van der Waals surface area contributed by atoms with Gasteiger partial charge in [0.2, 0.25) is 5.95 Å². The van der Waals surface area contributed by atoms with Gasteiger partial charge in [-0.2, -0.15) is 5.10 Å². The molecule has 9 heteroatoms. The number of rotatable bonds is 5. The maximum absolute atomic E-state index is 10.1. The molecule has 0 amide bonds. The highest BCUT2D eigenvalue weighted by Gasteiger charge is 2.13. The van der Waals surface area contributed by atoms with Crippen molar-refractivity contribution in [3.8, 4) is 11.5 Å². The van der Waals surface area contributed by atoms with Gasteiger partial charge in [0.25, 0.3) is 0 Å². The van der Waals surface area contributed by atoms with Crippen LogP contribution in [0.5, 0.6) is 0 Å². The zero-order chi connectivity index (χ0) is 15.5. The molecular weight excluding hydrogens is 284 g/mol. The second-order valence-electron chi connectivity index (χ2n) is 4.77. The molecule has 0 radical (unpaired) electrons. The van der Waals surface area contributed by atoms with Gasteiger partial charge in [-0.25, -0.2) is 24.6 Å². The molecule has 0 aliphatic rings. The van der Waals surface area contributed by atoms with Crippen molar-refractivity contribution in [3.63, 3.8) is 0 Å². The van der Waals surface area contributed by atoms with Crippen molar-refractivity contribution in [1.29, 1.82) is 0 Å². The third kappa shape index (κ3) is 2.79. The molecule has 114 valence electrons. The van der Waals surface area contributed by atoms with Crippen LogP contribution in [0.25, 0.3) is 11.5 Å². The summed E-state index contributed by atoms with van der Waals surface area (Å²) in [6.07, 6.45) is 5.78. The molecule has 0 aromatic carbocycles. The Kier molecular flexibility index (Phi) is 3.79. The van der Waals surface area contributed by atoms with Crippen molar-refractivity contribution in [2.45, 2.75) is 6.10 Å². The molecule has 0 aliphatic carbocycles. The Morgan fingerprint density at radius 1 is 1.23 bits per heavy atom. The maximum atomic E-state index is 10.1. The Morgan fingerprint density at radius 2 is 2.09 bits per heavy atom. The number of hydrogen-bond acceptors (Lipinski definition) is 7. The molecule has 0 bridgehead atoms. The molecule has 0 fully saturated rings. The standard InChI is InChI=1S/C13H16N8O/c1-20-6-5-14-12(20)10(22)7-16-13-15-4-3-9(19-13)11-17-8-18-21(11)2/h3-6,8,10,22H,7H2,1-2H3,(H,15,16,19)/t10-/m1/s1. The van der Waals surface area contributed by atoms with E-state index in [9.17, 15) is 5.11 Å². The van der Waals surface area contributed by atoms with Gasteiger partial charge in [0.15, 0.2) is 5.82 Å². The van der Waals surface area contributed by atoms with E-state index >= 15 is 0 Å². The van der Waals surface area contributed by atoms with Gasteiger partial charge in [0, 0.05) is 32.7 Å². The number of imidazole rings is 1. The van der Waals surface area contributed by atoms with Crippen LogP contribution < -0.4 is 5.32 Å². The summed E-state index contributed by atoms with van der Waals surface area (Å²) in [7, 11) is 3.62. The number of aromatic nitrogens is 7. The molecule has 0 saturated carbocycles. The summed E-state index contributed by atoms with van der Waals surface area (Å²) in [6, 6.07) is 1.75. The van der Waals surface area contributed by atoms with E-state index in [0.29, 0.717) is 23.3 Å². The van der Waals surface area contributed by atoms with E-state index in [0.717, 1.165) is 0 Å². The van der Waals surface area contributed by atoms with E-state index in [1.165, 1.54) is 6.33 Å². The van der Waals surface area contributed by atoms with Crippen LogP contribution >= 0.6 is 0 Å². The van der Waals surface area contributed by atoms with E-state index < -0.39 is 6.10 Å². The molecule has 3 rings (SSSR count). The fourth-order valence-corrected chi connectivity index (χ4v) is 2.07. The normalized spacial score (nSPS) is 12.3. The monoisotopic (exact) mass is 300 g/mol. The number of aliphatic hydroxyl groups excluding tert-OH is 1. The van der Waals surface area contributed by atoms with Crippen LogP contribution in [0.3, 0.4) is 0 Å². The summed E-state index contributed by atoms with van der Waals surface area (Å²) in [4.78, 5) is 16.8. The highest BCUT2D eigenvalue weighted by atomic mass is 16.3. The Morgan fingerprint density at radius 3 is 2.77 bits per heavy atom. The van der Waals surface area contributed by atoms with Crippen molar-refractivity contribution in [2.24, 2.45) is 14.1 Å². The van der Waals surface area contributed by atoms with Crippen LogP contribution in [0.15, 0.2) is 31.0 Å². The molecule has 0 unspecified atom stereocenters. The lowest BCUT2D eigenvalue weighted by Crippen LogP contribution is -2.17. The van der Waals surface area contributed by atoms with Crippen molar-refractivity contribution in [3.05, 3.63) is 36.8 Å². The van der Waals surface area contributed by atoms with Crippen molar-refractivity contribution < 1.29 is 5.11 Å². The Labute approximate surface area is 126 Å². The van der Waals surface area contributed by atoms with Gasteiger partial charge >= 0.3 is 0 Å². The number of nitrogens with one attached hydrogen (secondary N) is 1. The molecule has 3 aromatic heterocycles. The Balaban J connectivity index is 1.71. The Hall–Kier alpha value is -2.81. The summed E-state index contributed by atoms with van der Waals surface area (Å²) < 4.78 is 3.40. The van der Waals surface area contributed by atoms with E-state index in [1.807, 2.05) is 7.05 Å². The zero-order valence-corrected chi connectivity index (χ0v) is 12.2. The molecule has 3 heterocycles. The largest absolute Gasteiger partial charge is 0.383 e. The summed E-state index contributed by atoms with van der Waals surface area (Å²) in [5.74, 6) is 1.64. The fraction of sp³-hybridized carbons (Fsp3) is 0.308. The number of anilines is 1. The first-order valence-electron chi connectivity index (χ1n) is 6.71. The van der Waals surface area contributed by atoms with Crippen molar-refractivity contribution in [2.75, 3.05) is 11.9 Å². The van der Waals surface area contributed by atoms with Crippen LogP contribution in [0, 0.1) is 0 Å². The second kappa shape index (κ2) is 5.90. The lowest BCUT2D eigenvalue weighted by molar-refractivity contribution is 0.178. The highest BCUT2D eigenvalue weighted by Crippen LogP contribution is 2.14. The summed E-state index contributed by atoms with van der Waals surface area (Å²) >= 11 is 0. The van der Waals surface area contributed by atoms with Gasteiger partial charge in [-0.1, -0.05) is 0 Å². The van der Waals surface area contributed by atoms with E-state index in [1.54, 1.807) is 41.0 Å². The third-order valence-electron chi connectivity index (χ3n) is 3.21. The molecule has 22 heavy (non-hydrogen) atoms. The van der Waals surface area contributed by atoms with Gasteiger partial charge in [0.05, 0.1) is 6.54 Å². The first-order valence-corrected chi connectivity index (χ1v) is 6.71. The highest BCUT2D eigenvalue weighted by molar-refractivity contribution is 5.50. The van der Waals surface area contributed by atoms with Crippen LogP contribution in [-0.4, -0.2) is 45.9 Å². The average molecular weight is 300 g/mol. The van der Waals surface area contributed by atoms with Crippen LogP contribution in [0.4, 0.5) is 5.95 Å². The topological polar surface area (TPSA) is 107 Å². The smallest absolute Gasteiger partial charge is 0.223 e. The van der Waals surface area contributed by atoms with E-state index in [-0.39, 0.29) is 6.54 Å². The molecule has 0 aliphatic heterocycles. The minimum Gasteiger partial charge on any atom is -0.383 e. The predicted octanol–water partition coefficient (Wildman–Crippen LogP) is 0.151. The maximum Gasteiger partial charge on any atom is 0.223 e. The molecule has 2 N–H and O–H groups in total. The van der Waals surface area contributed by atoms with E-state index in [4.69, 9.17) is 0 Å². The molecule has 0 spiro atoms. The molecule has 9 nitrogen and oxygen atoms in total. The van der Waals surface area contributed by atoms with Crippen LogP contribution in [0.1, 0.15) is 11.9 Å². The molecule has 1 atom stereocenters. The van der Waals surface area contributed by atoms with E-state index in [2.05, 4.69) is 30.4 Å². The quantitative estimate of drug-likeness (QED) is 0.690. The first-order chi connectivity index (χ1) is 10.6. The lowest BCUT2D eigenvalue weighted by atomic mass is 10.3. The third-order valence-corrected chi connectivity index (χ3v) is 3.21. The van der Waals surface area contributed by atoms with Gasteiger partial charge in [-0.3, -0.25) is 0 Å². The van der Waals surface area contributed by atoms with Gasteiger partial charge in [-0.15, -0.1) is 0 Å². The SMILES string of the molecule is Cn1ccnc1[C@H](O)CNc1nccc(-c2ncnn2C)n1. The van der Waals surface area contributed by atoms with Crippen molar-refractivity contribution >= 4 is 5.95 Å². The van der Waals surface area contributed by atoms with Gasteiger partial charge in [-0.05, 0) is 6.07 Å². The minimum absolute atomic E-state index is 0.257. The van der Waals surface area contributed by atoms with Crippen LogP contribution in [0.2, 0.25) is 0 Å². The van der Waals surface area contributed by atoms with Crippen molar-refractivity contribution in [1.82, 2.24) is 34.3 Å². The number of aryl methyl sites for hydroxylation is 2. The zero-order valence-electron chi connectivity index (χ0n) is 12.2. The molecule has 3 aromatic rings. The number of aliphatic hydroxyl groups is 1.